The number of amides is 1. The molecule has 3 rings (SSSR count). The lowest BCUT2D eigenvalue weighted by Gasteiger charge is -2.21. The molecule has 0 aromatic heterocycles. The van der Waals surface area contributed by atoms with Crippen molar-refractivity contribution in [3.63, 3.8) is 0 Å². The summed E-state index contributed by atoms with van der Waals surface area (Å²) >= 11 is 0. The Morgan fingerprint density at radius 3 is 2.34 bits per heavy atom. The molecule has 0 bridgehead atoms. The SMILES string of the molecule is COc1ccc(S(=O)(=O)N2CCCC2)cc1NC(=O)[C@@H](C)Oc1cc(C)ccc1C(C)C. The zero-order valence-electron chi connectivity index (χ0n) is 19.3. The molecule has 2 aromatic rings. The Morgan fingerprint density at radius 2 is 1.72 bits per heavy atom. The van der Waals surface area contributed by atoms with Crippen LogP contribution in [0.15, 0.2) is 41.3 Å². The fourth-order valence-electron chi connectivity index (χ4n) is 3.72. The van der Waals surface area contributed by atoms with Crippen LogP contribution < -0.4 is 14.8 Å². The molecule has 0 spiro atoms. The molecule has 7 nitrogen and oxygen atoms in total. The molecule has 1 saturated heterocycles. The van der Waals surface area contributed by atoms with Crippen LogP contribution >= 0.6 is 0 Å². The van der Waals surface area contributed by atoms with Gasteiger partial charge in [0.05, 0.1) is 17.7 Å². The van der Waals surface area contributed by atoms with Gasteiger partial charge in [-0.05, 0) is 68.0 Å². The second kappa shape index (κ2) is 9.92. The lowest BCUT2D eigenvalue weighted by Crippen LogP contribution is -2.31. The summed E-state index contributed by atoms with van der Waals surface area (Å²) in [7, 11) is -2.14. The van der Waals surface area contributed by atoms with E-state index in [1.165, 1.54) is 23.5 Å². The van der Waals surface area contributed by atoms with E-state index >= 15 is 0 Å². The van der Waals surface area contributed by atoms with E-state index in [-0.39, 0.29) is 10.8 Å². The molecule has 2 aromatic carbocycles. The van der Waals surface area contributed by atoms with Gasteiger partial charge in [0.25, 0.3) is 5.91 Å². The number of aryl methyl sites for hydroxylation is 1. The van der Waals surface area contributed by atoms with Crippen LogP contribution in [-0.2, 0) is 14.8 Å². The summed E-state index contributed by atoms with van der Waals surface area (Å²) in [5.74, 6) is 0.896. The van der Waals surface area contributed by atoms with Crippen molar-refractivity contribution in [1.82, 2.24) is 4.31 Å². The van der Waals surface area contributed by atoms with Crippen molar-refractivity contribution in [2.45, 2.75) is 57.5 Å². The molecule has 1 N–H and O–H groups in total. The molecular weight excluding hydrogens is 428 g/mol. The first-order valence-electron chi connectivity index (χ1n) is 10.9. The van der Waals surface area contributed by atoms with E-state index in [0.29, 0.717) is 30.3 Å². The van der Waals surface area contributed by atoms with Gasteiger partial charge in [-0.15, -0.1) is 0 Å². The molecule has 0 radical (unpaired) electrons. The second-order valence-corrected chi connectivity index (χ2v) is 10.4. The summed E-state index contributed by atoms with van der Waals surface area (Å²) in [6.07, 6.45) is 0.911. The van der Waals surface area contributed by atoms with Crippen LogP contribution in [0.2, 0.25) is 0 Å². The summed E-state index contributed by atoms with van der Waals surface area (Å²) in [5, 5.41) is 2.78. The van der Waals surface area contributed by atoms with Crippen LogP contribution in [0.5, 0.6) is 11.5 Å². The van der Waals surface area contributed by atoms with Gasteiger partial charge in [0.15, 0.2) is 6.10 Å². The van der Waals surface area contributed by atoms with Gasteiger partial charge < -0.3 is 14.8 Å². The maximum absolute atomic E-state index is 12.9. The number of hydrogen-bond acceptors (Lipinski definition) is 5. The first kappa shape index (κ1) is 24.1. The third kappa shape index (κ3) is 5.24. The Morgan fingerprint density at radius 1 is 1.03 bits per heavy atom. The molecule has 0 unspecified atom stereocenters. The number of carbonyl (C=O) groups excluding carboxylic acids is 1. The molecule has 1 atom stereocenters. The molecule has 0 aliphatic carbocycles. The largest absolute Gasteiger partial charge is 0.495 e. The fraction of sp³-hybridized carbons (Fsp3) is 0.458. The average molecular weight is 461 g/mol. The molecule has 1 aliphatic heterocycles. The molecule has 1 aliphatic rings. The van der Waals surface area contributed by atoms with Gasteiger partial charge in [-0.2, -0.15) is 4.31 Å². The highest BCUT2D eigenvalue weighted by Gasteiger charge is 2.28. The van der Waals surface area contributed by atoms with E-state index < -0.39 is 22.0 Å². The molecule has 1 fully saturated rings. The standard InChI is InChI=1S/C24H32N2O5S/c1-16(2)20-10-8-17(3)14-23(20)31-18(4)24(27)25-21-15-19(9-11-22(21)30-5)32(28,29)26-12-6-7-13-26/h8-11,14-16,18H,6-7,12-13H2,1-5H3,(H,25,27)/t18-/m1/s1. The van der Waals surface area contributed by atoms with E-state index in [1.807, 2.05) is 25.1 Å². The minimum absolute atomic E-state index is 0.129. The highest BCUT2D eigenvalue weighted by molar-refractivity contribution is 7.89. The molecule has 1 amide bonds. The number of rotatable bonds is 8. The van der Waals surface area contributed by atoms with Crippen molar-refractivity contribution in [1.29, 1.82) is 0 Å². The normalized spacial score (nSPS) is 15.6. The number of carbonyl (C=O) groups is 1. The van der Waals surface area contributed by atoms with E-state index in [1.54, 1.807) is 13.0 Å². The molecular formula is C24H32N2O5S. The van der Waals surface area contributed by atoms with Crippen molar-refractivity contribution in [3.05, 3.63) is 47.5 Å². The summed E-state index contributed by atoms with van der Waals surface area (Å²) < 4.78 is 38.7. The zero-order valence-corrected chi connectivity index (χ0v) is 20.2. The van der Waals surface area contributed by atoms with Gasteiger partial charge in [-0.3, -0.25) is 4.79 Å². The fourth-order valence-corrected chi connectivity index (χ4v) is 5.27. The predicted octanol–water partition coefficient (Wildman–Crippen LogP) is 4.32. The molecule has 32 heavy (non-hydrogen) atoms. The summed E-state index contributed by atoms with van der Waals surface area (Å²) in [6.45, 7) is 8.79. The van der Waals surface area contributed by atoms with Crippen LogP contribution in [0.25, 0.3) is 0 Å². The van der Waals surface area contributed by atoms with Crippen LogP contribution in [0.4, 0.5) is 5.69 Å². The van der Waals surface area contributed by atoms with Gasteiger partial charge >= 0.3 is 0 Å². The third-order valence-corrected chi connectivity index (χ3v) is 7.49. The maximum Gasteiger partial charge on any atom is 0.265 e. The van der Waals surface area contributed by atoms with Gasteiger partial charge in [0, 0.05) is 13.1 Å². The van der Waals surface area contributed by atoms with Crippen LogP contribution in [0.1, 0.15) is 50.7 Å². The first-order chi connectivity index (χ1) is 15.1. The highest BCUT2D eigenvalue weighted by atomic mass is 32.2. The Kier molecular flexibility index (Phi) is 7.46. The lowest BCUT2D eigenvalue weighted by molar-refractivity contribution is -0.122. The number of anilines is 1. The third-order valence-electron chi connectivity index (χ3n) is 5.60. The quantitative estimate of drug-likeness (QED) is 0.634. The van der Waals surface area contributed by atoms with Crippen molar-refractivity contribution in [2.75, 3.05) is 25.5 Å². The smallest absolute Gasteiger partial charge is 0.265 e. The van der Waals surface area contributed by atoms with Crippen molar-refractivity contribution < 1.29 is 22.7 Å². The molecule has 0 saturated carbocycles. The Labute approximate surface area is 190 Å². The van der Waals surface area contributed by atoms with Crippen LogP contribution in [-0.4, -0.2) is 44.9 Å². The molecule has 1 heterocycles. The Bertz CT molecular complexity index is 1080. The van der Waals surface area contributed by atoms with Gasteiger partial charge in [0.2, 0.25) is 10.0 Å². The first-order valence-corrected chi connectivity index (χ1v) is 12.3. The summed E-state index contributed by atoms with van der Waals surface area (Å²) in [6, 6.07) is 10.5. The minimum atomic E-state index is -3.62. The number of benzene rings is 2. The zero-order chi connectivity index (χ0) is 23.5. The predicted molar refractivity (Wildman–Crippen MR) is 125 cm³/mol. The van der Waals surface area contributed by atoms with Crippen molar-refractivity contribution in [2.24, 2.45) is 0 Å². The van der Waals surface area contributed by atoms with Crippen molar-refractivity contribution in [3.8, 4) is 11.5 Å². The number of ether oxygens (including phenoxy) is 2. The van der Waals surface area contributed by atoms with E-state index in [4.69, 9.17) is 9.47 Å². The minimum Gasteiger partial charge on any atom is -0.495 e. The van der Waals surface area contributed by atoms with Crippen molar-refractivity contribution >= 4 is 21.6 Å². The maximum atomic E-state index is 12.9. The molecule has 174 valence electrons. The number of methoxy groups -OCH3 is 1. The Balaban J connectivity index is 1.82. The van der Waals surface area contributed by atoms with Gasteiger partial charge in [-0.1, -0.05) is 26.0 Å². The summed E-state index contributed by atoms with van der Waals surface area (Å²) in [5.41, 5.74) is 2.35. The number of nitrogens with one attached hydrogen (secondary N) is 1. The lowest BCUT2D eigenvalue weighted by atomic mass is 10.0. The van der Waals surface area contributed by atoms with E-state index in [0.717, 1.165) is 24.0 Å². The Hall–Kier alpha value is -2.58. The van der Waals surface area contributed by atoms with Crippen LogP contribution in [0, 0.1) is 6.92 Å². The summed E-state index contributed by atoms with van der Waals surface area (Å²) in [4.78, 5) is 13.0. The molecule has 8 heteroatoms. The number of hydrogen-bond donors (Lipinski definition) is 1. The highest BCUT2D eigenvalue weighted by Crippen LogP contribution is 2.31. The van der Waals surface area contributed by atoms with Gasteiger partial charge in [-0.25, -0.2) is 8.42 Å². The number of nitrogens with zero attached hydrogens (tertiary/aromatic N) is 1. The van der Waals surface area contributed by atoms with E-state index in [9.17, 15) is 13.2 Å². The van der Waals surface area contributed by atoms with Crippen LogP contribution in [0.3, 0.4) is 0 Å². The monoisotopic (exact) mass is 460 g/mol. The average Bonchev–Trinajstić information content (AvgIpc) is 3.29. The van der Waals surface area contributed by atoms with Gasteiger partial charge in [0.1, 0.15) is 11.5 Å². The number of sulfonamides is 1. The topological polar surface area (TPSA) is 84.9 Å². The second-order valence-electron chi connectivity index (χ2n) is 8.42. The van der Waals surface area contributed by atoms with E-state index in [2.05, 4.69) is 19.2 Å².